The zero-order valence-electron chi connectivity index (χ0n) is 11.0. The van der Waals surface area contributed by atoms with E-state index in [1.54, 1.807) is 19.3 Å². The largest absolute Gasteiger partial charge is 0.382 e. The molecule has 0 aliphatic rings. The van der Waals surface area contributed by atoms with Gasteiger partial charge in [-0.2, -0.15) is 5.10 Å². The smallest absolute Gasteiger partial charge is 0.293 e. The van der Waals surface area contributed by atoms with Gasteiger partial charge in [0.05, 0.1) is 16.7 Å². The topological polar surface area (TPSA) is 102 Å². The van der Waals surface area contributed by atoms with Crippen LogP contribution in [0, 0.1) is 10.1 Å². The molecule has 2 N–H and O–H groups in total. The van der Waals surface area contributed by atoms with Gasteiger partial charge in [0.15, 0.2) is 0 Å². The number of anilines is 2. The van der Waals surface area contributed by atoms with Crippen LogP contribution in [0.5, 0.6) is 0 Å². The molecule has 0 fully saturated rings. The molecule has 1 aromatic carbocycles. The lowest BCUT2D eigenvalue weighted by Crippen LogP contribution is -2.16. The number of aryl methyl sites for hydroxylation is 1. The summed E-state index contributed by atoms with van der Waals surface area (Å²) in [6.45, 7) is 0. The van der Waals surface area contributed by atoms with Gasteiger partial charge in [0.2, 0.25) is 0 Å². The fraction of sp³-hybridized carbons (Fsp3) is 0.167. The van der Waals surface area contributed by atoms with E-state index >= 15 is 0 Å². The van der Waals surface area contributed by atoms with Crippen molar-refractivity contribution in [3.8, 4) is 0 Å². The second-order valence-corrected chi connectivity index (χ2v) is 4.00. The Morgan fingerprint density at radius 1 is 1.40 bits per heavy atom. The number of nitrogens with one attached hydrogen (secondary N) is 2. The molecule has 0 aliphatic carbocycles. The molecule has 0 saturated heterocycles. The molecule has 8 heteroatoms. The Morgan fingerprint density at radius 3 is 2.70 bits per heavy atom. The number of carbonyl (C=O) groups is 1. The summed E-state index contributed by atoms with van der Waals surface area (Å²) in [6, 6.07) is 5.96. The van der Waals surface area contributed by atoms with E-state index in [4.69, 9.17) is 0 Å². The van der Waals surface area contributed by atoms with E-state index < -0.39 is 10.8 Å². The van der Waals surface area contributed by atoms with Gasteiger partial charge < -0.3 is 10.6 Å². The van der Waals surface area contributed by atoms with Gasteiger partial charge in [0, 0.05) is 26.2 Å². The zero-order valence-corrected chi connectivity index (χ0v) is 11.0. The highest BCUT2D eigenvalue weighted by atomic mass is 16.6. The molecule has 0 spiro atoms. The van der Waals surface area contributed by atoms with Gasteiger partial charge in [-0.15, -0.1) is 0 Å². The maximum atomic E-state index is 12.2. The highest BCUT2D eigenvalue weighted by molar-refractivity contribution is 6.08. The average Bonchev–Trinajstić information content (AvgIpc) is 2.83. The Bertz CT molecular complexity index is 665. The molecule has 0 radical (unpaired) electrons. The van der Waals surface area contributed by atoms with Crippen LogP contribution < -0.4 is 10.6 Å². The van der Waals surface area contributed by atoms with Crippen molar-refractivity contribution in [2.24, 2.45) is 7.05 Å². The van der Waals surface area contributed by atoms with Crippen LogP contribution in [0.4, 0.5) is 17.2 Å². The van der Waals surface area contributed by atoms with Crippen LogP contribution in [-0.4, -0.2) is 27.7 Å². The molecule has 0 unspecified atom stereocenters. The molecule has 1 heterocycles. The fourth-order valence-electron chi connectivity index (χ4n) is 1.82. The van der Waals surface area contributed by atoms with E-state index in [9.17, 15) is 14.9 Å². The lowest BCUT2D eigenvalue weighted by molar-refractivity contribution is -0.384. The van der Waals surface area contributed by atoms with Gasteiger partial charge in [-0.05, 0) is 6.07 Å². The number of aromatic nitrogens is 2. The molecule has 0 saturated carbocycles. The highest BCUT2D eigenvalue weighted by Crippen LogP contribution is 2.28. The minimum absolute atomic E-state index is 0.148. The first-order valence-electron chi connectivity index (χ1n) is 5.79. The molecular formula is C12H13N5O3. The first-order valence-corrected chi connectivity index (χ1v) is 5.79. The van der Waals surface area contributed by atoms with Gasteiger partial charge in [-0.1, -0.05) is 6.07 Å². The van der Waals surface area contributed by atoms with Crippen molar-refractivity contribution < 1.29 is 9.72 Å². The molecule has 2 rings (SSSR count). The number of nitrogens with zero attached hydrogens (tertiary/aromatic N) is 3. The van der Waals surface area contributed by atoms with Crippen LogP contribution in [-0.2, 0) is 7.05 Å². The first-order chi connectivity index (χ1) is 9.54. The molecule has 104 valence electrons. The number of nitro groups is 1. The van der Waals surface area contributed by atoms with Crippen molar-refractivity contribution in [3.63, 3.8) is 0 Å². The van der Waals surface area contributed by atoms with E-state index in [0.29, 0.717) is 5.82 Å². The number of rotatable bonds is 4. The number of nitro benzene ring substituents is 1. The van der Waals surface area contributed by atoms with Crippen molar-refractivity contribution in [2.75, 3.05) is 17.7 Å². The molecule has 2 aromatic rings. The Hall–Kier alpha value is -2.90. The predicted octanol–water partition coefficient (Wildman–Crippen LogP) is 1.62. The molecule has 20 heavy (non-hydrogen) atoms. The van der Waals surface area contributed by atoms with Crippen LogP contribution in [0.15, 0.2) is 30.5 Å². The highest BCUT2D eigenvalue weighted by Gasteiger charge is 2.21. The number of amides is 1. The van der Waals surface area contributed by atoms with Crippen LogP contribution in [0.3, 0.4) is 0 Å². The summed E-state index contributed by atoms with van der Waals surface area (Å²) in [5, 5.41) is 20.2. The van der Waals surface area contributed by atoms with E-state index in [2.05, 4.69) is 15.7 Å². The summed E-state index contributed by atoms with van der Waals surface area (Å²) < 4.78 is 1.49. The van der Waals surface area contributed by atoms with E-state index in [0.717, 1.165) is 0 Å². The second-order valence-electron chi connectivity index (χ2n) is 4.00. The lowest BCUT2D eigenvalue weighted by atomic mass is 10.1. The third-order valence-corrected chi connectivity index (χ3v) is 2.80. The van der Waals surface area contributed by atoms with E-state index in [1.807, 2.05) is 0 Å². The molecule has 0 aliphatic heterocycles. The van der Waals surface area contributed by atoms with Crippen molar-refractivity contribution in [1.29, 1.82) is 0 Å². The van der Waals surface area contributed by atoms with Crippen molar-refractivity contribution >= 4 is 23.1 Å². The maximum Gasteiger partial charge on any atom is 0.293 e. The molecule has 8 nitrogen and oxygen atoms in total. The van der Waals surface area contributed by atoms with Gasteiger partial charge in [0.1, 0.15) is 11.5 Å². The predicted molar refractivity (Wildman–Crippen MR) is 73.8 cm³/mol. The average molecular weight is 275 g/mol. The van der Waals surface area contributed by atoms with Crippen LogP contribution in [0.25, 0.3) is 0 Å². The minimum Gasteiger partial charge on any atom is -0.382 e. The third kappa shape index (κ3) is 2.44. The Balaban J connectivity index is 2.37. The van der Waals surface area contributed by atoms with E-state index in [1.165, 1.54) is 29.9 Å². The Kier molecular flexibility index (Phi) is 3.65. The third-order valence-electron chi connectivity index (χ3n) is 2.80. The van der Waals surface area contributed by atoms with Crippen LogP contribution in [0.1, 0.15) is 10.4 Å². The standard InChI is InChI=1S/C12H13N5O3/c1-13-11-8(4-3-5-9(11)17(19)20)12(18)15-10-6-7-14-16(10)2/h3-7,13H,1-2H3,(H,15,18). The molecular weight excluding hydrogens is 262 g/mol. The molecule has 0 atom stereocenters. The number of carbonyl (C=O) groups excluding carboxylic acids is 1. The molecule has 1 amide bonds. The van der Waals surface area contributed by atoms with Gasteiger partial charge in [0.25, 0.3) is 11.6 Å². The van der Waals surface area contributed by atoms with Crippen LogP contribution in [0.2, 0.25) is 0 Å². The van der Waals surface area contributed by atoms with Gasteiger partial charge in [-0.25, -0.2) is 0 Å². The summed E-state index contributed by atoms with van der Waals surface area (Å²) in [5.74, 6) is 0.0604. The first kappa shape index (κ1) is 13.5. The maximum absolute atomic E-state index is 12.2. The Morgan fingerprint density at radius 2 is 2.15 bits per heavy atom. The monoisotopic (exact) mass is 275 g/mol. The second kappa shape index (κ2) is 5.39. The van der Waals surface area contributed by atoms with Gasteiger partial charge in [-0.3, -0.25) is 19.6 Å². The number of benzene rings is 1. The zero-order chi connectivity index (χ0) is 14.7. The van der Waals surface area contributed by atoms with Crippen molar-refractivity contribution in [2.45, 2.75) is 0 Å². The van der Waals surface area contributed by atoms with Crippen LogP contribution >= 0.6 is 0 Å². The summed E-state index contributed by atoms with van der Waals surface area (Å²) in [7, 11) is 3.21. The number of para-hydroxylation sites is 1. The summed E-state index contributed by atoms with van der Waals surface area (Å²) in [5.41, 5.74) is 0.227. The molecule has 1 aromatic heterocycles. The van der Waals surface area contributed by atoms with Crippen molar-refractivity contribution in [3.05, 3.63) is 46.1 Å². The minimum atomic E-state index is -0.535. The fourth-order valence-corrected chi connectivity index (χ4v) is 1.82. The van der Waals surface area contributed by atoms with Gasteiger partial charge >= 0.3 is 0 Å². The summed E-state index contributed by atoms with van der Waals surface area (Å²) in [4.78, 5) is 22.6. The molecule has 0 bridgehead atoms. The SMILES string of the molecule is CNc1c(C(=O)Nc2ccnn2C)cccc1[N+](=O)[O-]. The number of hydrogen-bond acceptors (Lipinski definition) is 5. The lowest BCUT2D eigenvalue weighted by Gasteiger charge is -2.10. The van der Waals surface area contributed by atoms with E-state index in [-0.39, 0.29) is 16.9 Å². The summed E-state index contributed by atoms with van der Waals surface area (Å²) >= 11 is 0. The Labute approximate surface area is 114 Å². The quantitative estimate of drug-likeness (QED) is 0.652. The number of hydrogen-bond donors (Lipinski definition) is 2. The normalized spacial score (nSPS) is 10.1. The van der Waals surface area contributed by atoms with Crippen molar-refractivity contribution in [1.82, 2.24) is 9.78 Å². The summed E-state index contributed by atoms with van der Waals surface area (Å²) in [6.07, 6.45) is 1.54.